The van der Waals surface area contributed by atoms with Crippen LogP contribution in [0.2, 0.25) is 0 Å². The van der Waals surface area contributed by atoms with Gasteiger partial charge in [-0.05, 0) is 27.2 Å². The van der Waals surface area contributed by atoms with Gasteiger partial charge in [0, 0.05) is 18.6 Å². The van der Waals surface area contributed by atoms with Crippen molar-refractivity contribution in [3.63, 3.8) is 0 Å². The first kappa shape index (κ1) is 14.3. The van der Waals surface area contributed by atoms with Crippen LogP contribution in [0.1, 0.15) is 40.0 Å². The lowest BCUT2D eigenvalue weighted by Gasteiger charge is -2.30. The quantitative estimate of drug-likeness (QED) is 0.894. The van der Waals surface area contributed by atoms with Gasteiger partial charge in [0.2, 0.25) is 5.89 Å². The summed E-state index contributed by atoms with van der Waals surface area (Å²) in [5, 5.41) is 11.5. The normalized spacial score (nSPS) is 20.8. The average molecular weight is 268 g/mol. The van der Waals surface area contributed by atoms with Gasteiger partial charge in [0.15, 0.2) is 0 Å². The smallest absolute Gasteiger partial charge is 0.318 e. The summed E-state index contributed by atoms with van der Waals surface area (Å²) in [6.07, 6.45) is 1.26. The first-order chi connectivity index (χ1) is 8.98. The Balaban J connectivity index is 1.93. The largest absolute Gasteiger partial charge is 0.407 e. The first-order valence-electron chi connectivity index (χ1n) is 6.92. The number of aromatic nitrogens is 2. The van der Waals surface area contributed by atoms with Gasteiger partial charge in [-0.2, -0.15) is 0 Å². The molecule has 1 aromatic rings. The summed E-state index contributed by atoms with van der Waals surface area (Å²) >= 11 is 0. The Hall–Kier alpha value is -1.14. The molecule has 1 aromatic heterocycles. The number of morpholine rings is 1. The number of nitrogens with one attached hydrogen (secondary N) is 1. The van der Waals surface area contributed by atoms with E-state index in [0.717, 1.165) is 26.1 Å². The molecule has 6 heteroatoms. The summed E-state index contributed by atoms with van der Waals surface area (Å²) in [4.78, 5) is 2.10. The summed E-state index contributed by atoms with van der Waals surface area (Å²) in [6, 6.07) is 0.604. The van der Waals surface area contributed by atoms with Crippen LogP contribution in [-0.2, 0) is 11.3 Å². The second-order valence-corrected chi connectivity index (χ2v) is 5.93. The molecule has 1 fully saturated rings. The fourth-order valence-electron chi connectivity index (χ4n) is 1.92. The fraction of sp³-hybridized carbons (Fsp3) is 0.846. The molecule has 0 spiro atoms. The first-order valence-corrected chi connectivity index (χ1v) is 6.92. The van der Waals surface area contributed by atoms with Gasteiger partial charge in [-0.3, -0.25) is 0 Å². The highest BCUT2D eigenvalue weighted by atomic mass is 16.5. The zero-order valence-corrected chi connectivity index (χ0v) is 12.3. The summed E-state index contributed by atoms with van der Waals surface area (Å²) in [7, 11) is 0. The Morgan fingerprint density at radius 3 is 2.84 bits per heavy atom. The van der Waals surface area contributed by atoms with E-state index in [-0.39, 0.29) is 11.6 Å². The van der Waals surface area contributed by atoms with E-state index in [2.05, 4.69) is 48.1 Å². The van der Waals surface area contributed by atoms with Gasteiger partial charge in [-0.25, -0.2) is 0 Å². The maximum atomic E-state index is 5.70. The number of rotatable bonds is 4. The Morgan fingerprint density at radius 2 is 2.16 bits per heavy atom. The van der Waals surface area contributed by atoms with E-state index in [4.69, 9.17) is 9.15 Å². The van der Waals surface area contributed by atoms with Crippen molar-refractivity contribution < 1.29 is 9.15 Å². The van der Waals surface area contributed by atoms with Crippen molar-refractivity contribution in [1.29, 1.82) is 0 Å². The molecule has 0 bridgehead atoms. The third-order valence-electron chi connectivity index (χ3n) is 3.09. The van der Waals surface area contributed by atoms with Crippen molar-refractivity contribution in [3.05, 3.63) is 5.89 Å². The van der Waals surface area contributed by atoms with E-state index in [1.165, 1.54) is 0 Å². The molecule has 0 amide bonds. The average Bonchev–Trinajstić information content (AvgIpc) is 2.84. The summed E-state index contributed by atoms with van der Waals surface area (Å²) in [6.45, 7) is 11.4. The van der Waals surface area contributed by atoms with Crippen LogP contribution in [0.4, 0.5) is 6.01 Å². The summed E-state index contributed by atoms with van der Waals surface area (Å²) in [5.74, 6) is 0.629. The zero-order valence-electron chi connectivity index (χ0n) is 12.3. The third kappa shape index (κ3) is 4.18. The fourth-order valence-corrected chi connectivity index (χ4v) is 1.92. The monoisotopic (exact) mass is 268 g/mol. The number of hydrogen-bond acceptors (Lipinski definition) is 6. The number of ether oxygens (including phenoxy) is 1. The van der Waals surface area contributed by atoms with Crippen LogP contribution in [0.15, 0.2) is 4.42 Å². The van der Waals surface area contributed by atoms with Crippen LogP contribution in [0.25, 0.3) is 0 Å². The van der Waals surface area contributed by atoms with E-state index >= 15 is 0 Å². The van der Waals surface area contributed by atoms with Crippen molar-refractivity contribution >= 4 is 6.01 Å². The molecular formula is C13H24N4O2. The van der Waals surface area contributed by atoms with Crippen LogP contribution in [0.5, 0.6) is 0 Å². The van der Waals surface area contributed by atoms with Gasteiger partial charge < -0.3 is 19.4 Å². The predicted molar refractivity (Wildman–Crippen MR) is 73.1 cm³/mol. The van der Waals surface area contributed by atoms with Gasteiger partial charge in [0.25, 0.3) is 0 Å². The SMILES string of the molecule is CCC1CN(c2nnc(CNC(C)(C)C)o2)CCO1. The summed E-state index contributed by atoms with van der Waals surface area (Å²) < 4.78 is 11.3. The predicted octanol–water partition coefficient (Wildman–Crippen LogP) is 1.57. The number of anilines is 1. The molecule has 0 aliphatic carbocycles. The van der Waals surface area contributed by atoms with Crippen molar-refractivity contribution in [1.82, 2.24) is 15.5 Å². The van der Waals surface area contributed by atoms with Crippen molar-refractivity contribution in [3.8, 4) is 0 Å². The lowest BCUT2D eigenvalue weighted by atomic mass is 10.1. The van der Waals surface area contributed by atoms with Gasteiger partial charge >= 0.3 is 6.01 Å². The van der Waals surface area contributed by atoms with Crippen LogP contribution in [0.3, 0.4) is 0 Å². The molecule has 1 atom stereocenters. The van der Waals surface area contributed by atoms with E-state index in [9.17, 15) is 0 Å². The van der Waals surface area contributed by atoms with Crippen molar-refractivity contribution in [2.24, 2.45) is 0 Å². The Kier molecular flexibility index (Phi) is 4.42. The zero-order chi connectivity index (χ0) is 13.9. The molecule has 108 valence electrons. The Labute approximate surface area is 114 Å². The molecule has 0 aromatic carbocycles. The topological polar surface area (TPSA) is 63.4 Å². The molecule has 1 N–H and O–H groups in total. The van der Waals surface area contributed by atoms with E-state index in [1.54, 1.807) is 0 Å². The number of nitrogens with zero attached hydrogens (tertiary/aromatic N) is 3. The van der Waals surface area contributed by atoms with Crippen molar-refractivity contribution in [2.45, 2.75) is 52.3 Å². The van der Waals surface area contributed by atoms with Crippen LogP contribution < -0.4 is 10.2 Å². The lowest BCUT2D eigenvalue weighted by molar-refractivity contribution is 0.0366. The van der Waals surface area contributed by atoms with Crippen LogP contribution in [-0.4, -0.2) is 41.5 Å². The molecule has 0 radical (unpaired) electrons. The maximum Gasteiger partial charge on any atom is 0.318 e. The molecule has 2 rings (SSSR count). The standard InChI is InChI=1S/C13H24N4O2/c1-5-10-9-17(6-7-18-10)12-16-15-11(19-12)8-14-13(2,3)4/h10,14H,5-9H2,1-4H3. The minimum Gasteiger partial charge on any atom is -0.407 e. The second-order valence-electron chi connectivity index (χ2n) is 5.93. The lowest BCUT2D eigenvalue weighted by Crippen LogP contribution is -2.42. The number of hydrogen-bond donors (Lipinski definition) is 1. The minimum absolute atomic E-state index is 0.0426. The molecule has 0 saturated carbocycles. The summed E-state index contributed by atoms with van der Waals surface area (Å²) in [5.41, 5.74) is 0.0426. The molecule has 19 heavy (non-hydrogen) atoms. The maximum absolute atomic E-state index is 5.70. The van der Waals surface area contributed by atoms with Crippen molar-refractivity contribution in [2.75, 3.05) is 24.6 Å². The molecule has 2 heterocycles. The van der Waals surface area contributed by atoms with E-state index < -0.39 is 0 Å². The highest BCUT2D eigenvalue weighted by molar-refractivity contribution is 5.25. The second kappa shape index (κ2) is 5.88. The molecule has 1 aliphatic heterocycles. The highest BCUT2D eigenvalue weighted by Crippen LogP contribution is 2.17. The Bertz CT molecular complexity index is 400. The molecule has 1 saturated heterocycles. The van der Waals surface area contributed by atoms with Gasteiger partial charge in [-0.1, -0.05) is 12.0 Å². The van der Waals surface area contributed by atoms with E-state index in [1.807, 2.05) is 0 Å². The molecule has 6 nitrogen and oxygen atoms in total. The molecular weight excluding hydrogens is 244 g/mol. The minimum atomic E-state index is 0.0426. The molecule has 1 aliphatic rings. The third-order valence-corrected chi connectivity index (χ3v) is 3.09. The van der Waals surface area contributed by atoms with Gasteiger partial charge in [0.1, 0.15) is 0 Å². The van der Waals surface area contributed by atoms with Gasteiger partial charge in [0.05, 0.1) is 19.3 Å². The Morgan fingerprint density at radius 1 is 1.37 bits per heavy atom. The molecule has 1 unspecified atom stereocenters. The van der Waals surface area contributed by atoms with E-state index in [0.29, 0.717) is 18.5 Å². The van der Waals surface area contributed by atoms with Crippen LogP contribution in [0, 0.1) is 0 Å². The van der Waals surface area contributed by atoms with Crippen LogP contribution >= 0.6 is 0 Å². The highest BCUT2D eigenvalue weighted by Gasteiger charge is 2.23. The van der Waals surface area contributed by atoms with Gasteiger partial charge in [-0.15, -0.1) is 5.10 Å².